The predicted molar refractivity (Wildman–Crippen MR) is 246 cm³/mol. The van der Waals surface area contributed by atoms with Crippen molar-refractivity contribution < 1.29 is 24.5 Å². The number of esters is 1. The summed E-state index contributed by atoms with van der Waals surface area (Å²) in [7, 11) is 0. The lowest BCUT2D eigenvalue weighted by Crippen LogP contribution is -2.46. The highest BCUT2D eigenvalue weighted by Gasteiger charge is 2.24. The van der Waals surface area contributed by atoms with E-state index in [9.17, 15) is 19.8 Å². The first-order chi connectivity index (χ1) is 28.0. The number of rotatable bonds is 45. The van der Waals surface area contributed by atoms with Crippen LogP contribution >= 0.6 is 0 Å². The molecule has 336 valence electrons. The van der Waals surface area contributed by atoms with Gasteiger partial charge in [-0.1, -0.05) is 218 Å². The second-order valence-corrected chi connectivity index (χ2v) is 17.2. The molecule has 1 amide bonds. The van der Waals surface area contributed by atoms with Crippen molar-refractivity contribution in [2.75, 3.05) is 6.61 Å². The molecule has 0 aromatic rings. The third-order valence-electron chi connectivity index (χ3n) is 11.5. The molecule has 6 heteroatoms. The van der Waals surface area contributed by atoms with Crippen molar-refractivity contribution in [3.8, 4) is 0 Å². The molecule has 0 aliphatic carbocycles. The van der Waals surface area contributed by atoms with Gasteiger partial charge in [-0.2, -0.15) is 0 Å². The summed E-state index contributed by atoms with van der Waals surface area (Å²) in [5.41, 5.74) is 0. The quantitative estimate of drug-likeness (QED) is 0.0324. The minimum atomic E-state index is -0.783. The van der Waals surface area contributed by atoms with Crippen LogP contribution < -0.4 is 5.32 Å². The molecule has 0 aliphatic heterocycles. The van der Waals surface area contributed by atoms with E-state index in [2.05, 4.69) is 50.4 Å². The molecule has 3 N–H and O–H groups in total. The van der Waals surface area contributed by atoms with E-state index >= 15 is 0 Å². The van der Waals surface area contributed by atoms with Crippen LogP contribution in [0.25, 0.3) is 0 Å². The largest absolute Gasteiger partial charge is 0.462 e. The number of hydrogen-bond acceptors (Lipinski definition) is 5. The van der Waals surface area contributed by atoms with Crippen LogP contribution in [0.5, 0.6) is 0 Å². The number of hydrogen-bond donors (Lipinski definition) is 3. The number of unbranched alkanes of at least 4 members (excludes halogenated alkanes) is 29. The number of aliphatic hydroxyl groups excluding tert-OH is 2. The lowest BCUT2D eigenvalue weighted by molar-refractivity contribution is -0.151. The minimum absolute atomic E-state index is 0.0789. The maximum atomic E-state index is 13.1. The lowest BCUT2D eigenvalue weighted by atomic mass is 10.0. The van der Waals surface area contributed by atoms with Gasteiger partial charge in [0, 0.05) is 6.42 Å². The van der Waals surface area contributed by atoms with Crippen molar-refractivity contribution in [1.29, 1.82) is 0 Å². The van der Waals surface area contributed by atoms with Gasteiger partial charge in [-0.05, 0) is 57.8 Å². The summed E-state index contributed by atoms with van der Waals surface area (Å²) >= 11 is 0. The van der Waals surface area contributed by atoms with Crippen LogP contribution in [-0.2, 0) is 14.3 Å². The molecule has 0 aromatic carbocycles. The molecule has 0 aliphatic rings. The van der Waals surface area contributed by atoms with Crippen LogP contribution in [0.4, 0.5) is 0 Å². The highest BCUT2D eigenvalue weighted by molar-refractivity contribution is 5.77. The van der Waals surface area contributed by atoms with Gasteiger partial charge < -0.3 is 20.3 Å². The Bertz CT molecular complexity index is 904. The van der Waals surface area contributed by atoms with E-state index in [-0.39, 0.29) is 24.9 Å². The number of carbonyl (C=O) groups excluding carboxylic acids is 2. The van der Waals surface area contributed by atoms with Crippen LogP contribution in [0.2, 0.25) is 0 Å². The first-order valence-corrected chi connectivity index (χ1v) is 25.1. The maximum Gasteiger partial charge on any atom is 0.306 e. The maximum absolute atomic E-state index is 13.1. The normalized spacial score (nSPS) is 13.4. The molecule has 0 fully saturated rings. The molecule has 57 heavy (non-hydrogen) atoms. The van der Waals surface area contributed by atoms with E-state index < -0.39 is 18.2 Å². The minimum Gasteiger partial charge on any atom is -0.462 e. The van der Waals surface area contributed by atoms with Crippen molar-refractivity contribution >= 4 is 11.9 Å². The molecule has 3 unspecified atom stereocenters. The van der Waals surface area contributed by atoms with Crippen molar-refractivity contribution in [3.63, 3.8) is 0 Å². The van der Waals surface area contributed by atoms with Crippen LogP contribution in [-0.4, -0.2) is 46.9 Å². The number of carbonyl (C=O) groups is 2. The number of allylic oxidation sites excluding steroid dienone is 4. The Morgan fingerprint density at radius 2 is 0.895 bits per heavy atom. The van der Waals surface area contributed by atoms with Gasteiger partial charge in [-0.3, -0.25) is 9.59 Å². The van der Waals surface area contributed by atoms with Crippen molar-refractivity contribution in [3.05, 3.63) is 24.3 Å². The smallest absolute Gasteiger partial charge is 0.306 e. The summed E-state index contributed by atoms with van der Waals surface area (Å²) in [5.74, 6) is -0.473. The summed E-state index contributed by atoms with van der Waals surface area (Å²) in [4.78, 5) is 26.0. The zero-order chi connectivity index (χ0) is 41.7. The van der Waals surface area contributed by atoms with Crippen LogP contribution in [0.15, 0.2) is 24.3 Å². The van der Waals surface area contributed by atoms with Crippen molar-refractivity contribution in [1.82, 2.24) is 5.32 Å². The van der Waals surface area contributed by atoms with E-state index in [1.165, 1.54) is 161 Å². The van der Waals surface area contributed by atoms with Gasteiger partial charge >= 0.3 is 5.97 Å². The Morgan fingerprint density at radius 3 is 1.37 bits per heavy atom. The fraction of sp³-hybridized carbons (Fsp3) is 0.882. The number of amides is 1. The van der Waals surface area contributed by atoms with Gasteiger partial charge in [0.05, 0.1) is 25.2 Å². The predicted octanol–water partition coefficient (Wildman–Crippen LogP) is 14.7. The molecule has 0 aromatic heterocycles. The van der Waals surface area contributed by atoms with E-state index in [1.54, 1.807) is 0 Å². The van der Waals surface area contributed by atoms with E-state index in [0.717, 1.165) is 57.8 Å². The highest BCUT2D eigenvalue weighted by Crippen LogP contribution is 2.18. The number of aliphatic hydroxyl groups is 2. The fourth-order valence-corrected chi connectivity index (χ4v) is 7.70. The molecule has 0 radical (unpaired) electrons. The molecule has 0 spiro atoms. The average Bonchev–Trinajstić information content (AvgIpc) is 3.20. The van der Waals surface area contributed by atoms with Gasteiger partial charge in [-0.15, -0.1) is 0 Å². The molecule has 6 nitrogen and oxygen atoms in total. The Hall–Kier alpha value is -1.66. The van der Waals surface area contributed by atoms with Gasteiger partial charge in [-0.25, -0.2) is 0 Å². The number of nitrogens with one attached hydrogen (secondary N) is 1. The van der Waals surface area contributed by atoms with Gasteiger partial charge in [0.15, 0.2) is 0 Å². The Labute approximate surface area is 354 Å². The van der Waals surface area contributed by atoms with Crippen LogP contribution in [0, 0.1) is 0 Å². The highest BCUT2D eigenvalue weighted by atomic mass is 16.5. The summed E-state index contributed by atoms with van der Waals surface area (Å²) in [6, 6.07) is -0.696. The van der Waals surface area contributed by atoms with Gasteiger partial charge in [0.25, 0.3) is 0 Å². The molecular formula is C51H97NO5. The molecule has 3 atom stereocenters. The SMILES string of the molecule is CCCCC/C=C\C/C=C\CCCCCCCCCC(=O)OC(CCCCCCCCCCC)CC(=O)NC(CO)C(O)CCCCCCCCCCCCCC. The topological polar surface area (TPSA) is 95.9 Å². The molecule has 0 rings (SSSR count). The third-order valence-corrected chi connectivity index (χ3v) is 11.5. The van der Waals surface area contributed by atoms with Crippen LogP contribution in [0.1, 0.15) is 265 Å². The molecular weight excluding hydrogens is 707 g/mol. The standard InChI is InChI=1S/C51H97NO5/c1-4-7-10-13-16-19-21-23-24-25-26-27-29-32-35-38-41-44-51(56)57-47(42-39-36-33-30-18-15-12-9-6-3)45-50(55)52-48(46-53)49(54)43-40-37-34-31-28-22-20-17-14-11-8-5-2/h16,19,23-24,47-49,53-54H,4-15,17-18,20-22,25-46H2,1-3H3,(H,52,55)/b19-16-,24-23-. The Balaban J connectivity index is 4.46. The zero-order valence-electron chi connectivity index (χ0n) is 38.2. The monoisotopic (exact) mass is 804 g/mol. The second-order valence-electron chi connectivity index (χ2n) is 17.2. The summed E-state index contributed by atoms with van der Waals surface area (Å²) in [6.45, 7) is 6.45. The lowest BCUT2D eigenvalue weighted by Gasteiger charge is -2.24. The summed E-state index contributed by atoms with van der Waals surface area (Å²) in [6.07, 6.45) is 50.9. The zero-order valence-corrected chi connectivity index (χ0v) is 38.2. The Kier molecular flexibility index (Phi) is 44.1. The first kappa shape index (κ1) is 55.3. The van der Waals surface area contributed by atoms with Crippen LogP contribution in [0.3, 0.4) is 0 Å². The molecule has 0 saturated carbocycles. The number of ether oxygens (including phenoxy) is 1. The third kappa shape index (κ3) is 40.9. The average molecular weight is 804 g/mol. The fourth-order valence-electron chi connectivity index (χ4n) is 7.70. The summed E-state index contributed by atoms with van der Waals surface area (Å²) < 4.78 is 5.91. The molecule has 0 heterocycles. The molecule has 0 bridgehead atoms. The van der Waals surface area contributed by atoms with E-state index in [0.29, 0.717) is 19.3 Å². The Morgan fingerprint density at radius 1 is 0.509 bits per heavy atom. The molecule has 0 saturated heterocycles. The summed E-state index contributed by atoms with van der Waals surface area (Å²) in [5, 5.41) is 23.7. The van der Waals surface area contributed by atoms with E-state index in [1.807, 2.05) is 0 Å². The van der Waals surface area contributed by atoms with Crippen molar-refractivity contribution in [2.45, 2.75) is 283 Å². The van der Waals surface area contributed by atoms with Crippen molar-refractivity contribution in [2.24, 2.45) is 0 Å². The first-order valence-electron chi connectivity index (χ1n) is 25.1. The van der Waals surface area contributed by atoms with Gasteiger partial charge in [0.2, 0.25) is 5.91 Å². The van der Waals surface area contributed by atoms with Gasteiger partial charge in [0.1, 0.15) is 6.10 Å². The second kappa shape index (κ2) is 45.4. The van der Waals surface area contributed by atoms with E-state index in [4.69, 9.17) is 4.74 Å².